The molecule has 0 rings (SSSR count). The first-order valence-corrected chi connectivity index (χ1v) is 19.0. The summed E-state index contributed by atoms with van der Waals surface area (Å²) in [7, 11) is -2.04. The van der Waals surface area contributed by atoms with Crippen LogP contribution in [0, 0.1) is 0 Å². The Hall–Kier alpha value is -0.573. The Bertz CT molecular complexity index is 426. The van der Waals surface area contributed by atoms with Gasteiger partial charge >= 0.3 is 5.97 Å². The molecule has 0 atom stereocenters. The van der Waals surface area contributed by atoms with Crippen molar-refractivity contribution in [2.75, 3.05) is 0 Å². The van der Waals surface area contributed by atoms with Gasteiger partial charge in [0.05, 0.1) is 0 Å². The van der Waals surface area contributed by atoms with E-state index in [4.69, 9.17) is 4.43 Å². The number of hydrogen-bond acceptors (Lipinski definition) is 2. The molecular weight excluding hydrogens is 456 g/mol. The second kappa shape index (κ2) is 27.5. The highest BCUT2D eigenvalue weighted by atomic mass is 28.4. The summed E-state index contributed by atoms with van der Waals surface area (Å²) in [6.07, 6.45) is 33.7. The summed E-state index contributed by atoms with van der Waals surface area (Å²) in [4.78, 5) is 12.4. The lowest BCUT2D eigenvalue weighted by Gasteiger charge is -2.31. The van der Waals surface area contributed by atoms with Crippen LogP contribution in [-0.2, 0) is 9.22 Å². The predicted molar refractivity (Wildman–Crippen MR) is 164 cm³/mol. The van der Waals surface area contributed by atoms with Crippen molar-refractivity contribution in [1.82, 2.24) is 0 Å². The quantitative estimate of drug-likeness (QED) is 0.0554. The van der Waals surface area contributed by atoms with E-state index in [0.717, 1.165) is 0 Å². The minimum Gasteiger partial charge on any atom is -0.516 e. The van der Waals surface area contributed by atoms with Gasteiger partial charge in [-0.3, -0.25) is 0 Å². The average molecular weight is 523 g/mol. The molecule has 2 nitrogen and oxygen atoms in total. The van der Waals surface area contributed by atoms with Gasteiger partial charge in [-0.25, -0.2) is 4.79 Å². The van der Waals surface area contributed by atoms with Crippen LogP contribution in [0.3, 0.4) is 0 Å². The van der Waals surface area contributed by atoms with E-state index in [1.54, 1.807) is 0 Å². The molecule has 0 saturated heterocycles. The Morgan fingerprint density at radius 1 is 0.500 bits per heavy atom. The maximum Gasteiger partial charge on any atom is 0.316 e. The molecule has 0 aromatic rings. The van der Waals surface area contributed by atoms with Gasteiger partial charge in [0.25, 0.3) is 8.32 Å². The van der Waals surface area contributed by atoms with E-state index in [2.05, 4.69) is 27.4 Å². The molecule has 36 heavy (non-hydrogen) atoms. The van der Waals surface area contributed by atoms with Gasteiger partial charge in [-0.15, -0.1) is 0 Å². The third-order valence-electron chi connectivity index (χ3n) is 7.94. The SMILES string of the molecule is C=CC(=O)O[Si](CCCCCCCCCC)(CCCCCCCCCC)CCCCCCCCCC. The molecule has 0 amide bonds. The zero-order chi connectivity index (χ0) is 26.6. The molecule has 214 valence electrons. The van der Waals surface area contributed by atoms with Gasteiger partial charge in [0.15, 0.2) is 0 Å². The van der Waals surface area contributed by atoms with Crippen LogP contribution < -0.4 is 0 Å². The van der Waals surface area contributed by atoms with Gasteiger partial charge in [-0.05, 0) is 18.1 Å². The number of rotatable bonds is 29. The first-order chi connectivity index (χ1) is 17.6. The minimum absolute atomic E-state index is 0.152. The lowest BCUT2D eigenvalue weighted by Crippen LogP contribution is -2.40. The molecule has 0 saturated carbocycles. The fourth-order valence-corrected chi connectivity index (χ4v) is 9.78. The first-order valence-electron chi connectivity index (χ1n) is 16.5. The van der Waals surface area contributed by atoms with Crippen LogP contribution in [0.5, 0.6) is 0 Å². The lowest BCUT2D eigenvalue weighted by atomic mass is 10.1. The Kier molecular flexibility index (Phi) is 27.0. The van der Waals surface area contributed by atoms with Gasteiger partial charge in [-0.2, -0.15) is 0 Å². The van der Waals surface area contributed by atoms with E-state index in [-0.39, 0.29) is 5.97 Å². The lowest BCUT2D eigenvalue weighted by molar-refractivity contribution is -0.129. The monoisotopic (exact) mass is 522 g/mol. The standard InChI is InChI=1S/C33H66O2Si/c1-5-9-12-15-18-21-24-27-30-36(35-33(34)8-4,31-28-25-22-19-16-13-10-6-2)32-29-26-23-20-17-14-11-7-3/h8H,4-7,9-32H2,1-3H3. The molecule has 0 aliphatic rings. The van der Waals surface area contributed by atoms with Crippen LogP contribution in [0.1, 0.15) is 175 Å². The zero-order valence-corrected chi connectivity index (χ0v) is 26.2. The van der Waals surface area contributed by atoms with Crippen molar-refractivity contribution in [3.8, 4) is 0 Å². The summed E-state index contributed by atoms with van der Waals surface area (Å²) >= 11 is 0. The third-order valence-corrected chi connectivity index (χ3v) is 12.4. The summed E-state index contributed by atoms with van der Waals surface area (Å²) in [6.45, 7) is 10.6. The topological polar surface area (TPSA) is 26.3 Å². The highest BCUT2D eigenvalue weighted by Gasteiger charge is 2.36. The molecule has 0 N–H and O–H groups in total. The highest BCUT2D eigenvalue weighted by Crippen LogP contribution is 2.31. The normalized spacial score (nSPS) is 11.6. The average Bonchev–Trinajstić information content (AvgIpc) is 2.88. The molecule has 0 aromatic heterocycles. The van der Waals surface area contributed by atoms with Gasteiger partial charge in [0, 0.05) is 6.08 Å². The second-order valence-electron chi connectivity index (χ2n) is 11.5. The Balaban J connectivity index is 4.69. The highest BCUT2D eigenvalue weighted by molar-refractivity contribution is 6.75. The number of hydrogen-bond donors (Lipinski definition) is 0. The fourth-order valence-electron chi connectivity index (χ4n) is 5.53. The van der Waals surface area contributed by atoms with Gasteiger partial charge < -0.3 is 4.43 Å². The number of carbonyl (C=O) groups is 1. The van der Waals surface area contributed by atoms with Crippen LogP contribution in [0.2, 0.25) is 18.1 Å². The molecule has 0 aromatic carbocycles. The van der Waals surface area contributed by atoms with E-state index in [9.17, 15) is 4.79 Å². The van der Waals surface area contributed by atoms with E-state index < -0.39 is 8.32 Å². The van der Waals surface area contributed by atoms with Crippen LogP contribution in [0.25, 0.3) is 0 Å². The molecule has 0 heterocycles. The predicted octanol–water partition coefficient (Wildman–Crippen LogP) is 12.1. The van der Waals surface area contributed by atoms with E-state index in [0.29, 0.717) is 0 Å². The molecular formula is C33H66O2Si. The van der Waals surface area contributed by atoms with E-state index in [1.165, 1.54) is 178 Å². The molecule has 0 unspecified atom stereocenters. The van der Waals surface area contributed by atoms with Crippen molar-refractivity contribution in [2.45, 2.75) is 193 Å². The Morgan fingerprint density at radius 2 is 0.750 bits per heavy atom. The van der Waals surface area contributed by atoms with Crippen molar-refractivity contribution in [1.29, 1.82) is 0 Å². The van der Waals surface area contributed by atoms with Crippen molar-refractivity contribution in [2.24, 2.45) is 0 Å². The van der Waals surface area contributed by atoms with Crippen LogP contribution in [0.15, 0.2) is 12.7 Å². The van der Waals surface area contributed by atoms with Gasteiger partial charge in [-0.1, -0.05) is 181 Å². The van der Waals surface area contributed by atoms with Crippen molar-refractivity contribution in [3.05, 3.63) is 12.7 Å². The maximum absolute atomic E-state index is 12.4. The van der Waals surface area contributed by atoms with Crippen LogP contribution >= 0.6 is 0 Å². The molecule has 0 aliphatic heterocycles. The summed E-state index contributed by atoms with van der Waals surface area (Å²) in [5.74, 6) is -0.152. The summed E-state index contributed by atoms with van der Waals surface area (Å²) < 4.78 is 6.35. The molecule has 0 fully saturated rings. The summed E-state index contributed by atoms with van der Waals surface area (Å²) in [6, 6.07) is 3.53. The van der Waals surface area contributed by atoms with E-state index in [1.807, 2.05) is 0 Å². The first kappa shape index (κ1) is 35.4. The fraction of sp³-hybridized carbons (Fsp3) is 0.909. The van der Waals surface area contributed by atoms with Crippen LogP contribution in [-0.4, -0.2) is 14.3 Å². The second-order valence-corrected chi connectivity index (χ2v) is 15.6. The van der Waals surface area contributed by atoms with Crippen molar-refractivity contribution < 1.29 is 9.22 Å². The van der Waals surface area contributed by atoms with Crippen LogP contribution in [0.4, 0.5) is 0 Å². The molecule has 0 radical (unpaired) electrons. The molecule has 0 bridgehead atoms. The smallest absolute Gasteiger partial charge is 0.316 e. The van der Waals surface area contributed by atoms with E-state index >= 15 is 0 Å². The minimum atomic E-state index is -2.04. The third kappa shape index (κ3) is 22.6. The zero-order valence-electron chi connectivity index (χ0n) is 25.2. The largest absolute Gasteiger partial charge is 0.516 e. The molecule has 0 spiro atoms. The number of unbranched alkanes of at least 4 members (excludes halogenated alkanes) is 21. The number of carbonyl (C=O) groups excluding carboxylic acids is 1. The Labute approximate surface area is 229 Å². The van der Waals surface area contributed by atoms with Gasteiger partial charge in [0.1, 0.15) is 0 Å². The molecule has 3 heteroatoms. The van der Waals surface area contributed by atoms with Gasteiger partial charge in [0.2, 0.25) is 0 Å². The van der Waals surface area contributed by atoms with Crippen molar-refractivity contribution >= 4 is 14.3 Å². The van der Waals surface area contributed by atoms with Crippen molar-refractivity contribution in [3.63, 3.8) is 0 Å². The molecule has 0 aliphatic carbocycles. The summed E-state index contributed by atoms with van der Waals surface area (Å²) in [5, 5.41) is 0. The maximum atomic E-state index is 12.4. The Morgan fingerprint density at radius 3 is 1.00 bits per heavy atom. The summed E-state index contributed by atoms with van der Waals surface area (Å²) in [5.41, 5.74) is 0.